The van der Waals surface area contributed by atoms with Crippen molar-refractivity contribution in [2.45, 2.75) is 45.6 Å². The summed E-state index contributed by atoms with van der Waals surface area (Å²) in [7, 11) is 1.81. The van der Waals surface area contributed by atoms with Gasteiger partial charge >= 0.3 is 0 Å². The molecule has 6 nitrogen and oxygen atoms in total. The lowest BCUT2D eigenvalue weighted by molar-refractivity contribution is -0.121. The molecule has 1 heterocycles. The first-order valence-electron chi connectivity index (χ1n) is 6.97. The Bertz CT molecular complexity index is 371. The molecule has 108 valence electrons. The van der Waals surface area contributed by atoms with Crippen LogP contribution in [0, 0.1) is 5.92 Å². The summed E-state index contributed by atoms with van der Waals surface area (Å²) in [6, 6.07) is 0. The lowest BCUT2D eigenvalue weighted by Gasteiger charge is -2.14. The zero-order chi connectivity index (χ0) is 14.1. The molecule has 3 N–H and O–H groups in total. The summed E-state index contributed by atoms with van der Waals surface area (Å²) in [6.07, 6.45) is 6.38. The summed E-state index contributed by atoms with van der Waals surface area (Å²) in [5.74, 6) is 1.27. The lowest BCUT2D eigenvalue weighted by atomic mass is 9.94. The molecule has 1 rings (SSSR count). The Hall–Kier alpha value is -1.43. The van der Waals surface area contributed by atoms with Crippen molar-refractivity contribution >= 4 is 5.91 Å². The number of nitrogens with zero attached hydrogens (tertiary/aromatic N) is 3. The Kier molecular flexibility index (Phi) is 7.10. The predicted molar refractivity (Wildman–Crippen MR) is 74.2 cm³/mol. The summed E-state index contributed by atoms with van der Waals surface area (Å²) in [5, 5.41) is 6.95. The van der Waals surface area contributed by atoms with Gasteiger partial charge in [-0.3, -0.25) is 9.48 Å². The maximum Gasteiger partial charge on any atom is 0.220 e. The molecule has 0 aliphatic carbocycles. The number of rotatable bonds is 9. The molecule has 1 amide bonds. The third-order valence-corrected chi connectivity index (χ3v) is 3.14. The molecule has 6 heteroatoms. The zero-order valence-corrected chi connectivity index (χ0v) is 11.9. The van der Waals surface area contributed by atoms with Gasteiger partial charge in [-0.1, -0.05) is 19.8 Å². The van der Waals surface area contributed by atoms with Crippen LogP contribution in [0.4, 0.5) is 0 Å². The first kappa shape index (κ1) is 15.6. The topological polar surface area (TPSA) is 85.8 Å². The largest absolute Gasteiger partial charge is 0.349 e. The van der Waals surface area contributed by atoms with Gasteiger partial charge in [0.05, 0.1) is 6.54 Å². The fraction of sp³-hybridized carbons (Fsp3) is 0.769. The number of nitrogens with two attached hydrogens (primary N) is 1. The number of aromatic nitrogens is 3. The first-order chi connectivity index (χ1) is 9.15. The van der Waals surface area contributed by atoms with Crippen molar-refractivity contribution in [2.24, 2.45) is 18.7 Å². The molecular formula is C13H25N5O. The van der Waals surface area contributed by atoms with E-state index in [1.165, 1.54) is 0 Å². The average Bonchev–Trinajstić information content (AvgIpc) is 2.80. The number of hydrogen-bond acceptors (Lipinski definition) is 4. The summed E-state index contributed by atoms with van der Waals surface area (Å²) >= 11 is 0. The van der Waals surface area contributed by atoms with E-state index in [9.17, 15) is 4.79 Å². The number of aryl methyl sites for hydroxylation is 1. The fourth-order valence-corrected chi connectivity index (χ4v) is 2.14. The highest BCUT2D eigenvalue weighted by atomic mass is 16.1. The van der Waals surface area contributed by atoms with Gasteiger partial charge in [0.15, 0.2) is 5.82 Å². The van der Waals surface area contributed by atoms with E-state index in [-0.39, 0.29) is 5.91 Å². The molecular weight excluding hydrogens is 242 g/mol. The van der Waals surface area contributed by atoms with Crippen molar-refractivity contribution in [1.29, 1.82) is 0 Å². The maximum absolute atomic E-state index is 11.7. The van der Waals surface area contributed by atoms with Gasteiger partial charge in [0, 0.05) is 13.5 Å². The molecule has 0 fully saturated rings. The second kappa shape index (κ2) is 8.63. The highest BCUT2D eigenvalue weighted by Gasteiger charge is 2.10. The van der Waals surface area contributed by atoms with Crippen LogP contribution in [-0.4, -0.2) is 27.2 Å². The van der Waals surface area contributed by atoms with Crippen LogP contribution in [-0.2, 0) is 18.4 Å². The quantitative estimate of drug-likeness (QED) is 0.698. The number of carbonyl (C=O) groups excluding carboxylic acids is 1. The molecule has 0 radical (unpaired) electrons. The minimum atomic E-state index is 0.0607. The fourth-order valence-electron chi connectivity index (χ4n) is 2.14. The molecule has 1 aromatic heterocycles. The third-order valence-electron chi connectivity index (χ3n) is 3.14. The molecule has 0 aliphatic rings. The molecule has 1 aromatic rings. The summed E-state index contributed by atoms with van der Waals surface area (Å²) in [6.45, 7) is 3.26. The van der Waals surface area contributed by atoms with Gasteiger partial charge < -0.3 is 11.1 Å². The zero-order valence-electron chi connectivity index (χ0n) is 11.9. The van der Waals surface area contributed by atoms with Crippen LogP contribution in [0.25, 0.3) is 0 Å². The van der Waals surface area contributed by atoms with E-state index in [2.05, 4.69) is 22.3 Å². The smallest absolute Gasteiger partial charge is 0.220 e. The third kappa shape index (κ3) is 6.33. The summed E-state index contributed by atoms with van der Waals surface area (Å²) in [5.41, 5.74) is 5.58. The van der Waals surface area contributed by atoms with Crippen molar-refractivity contribution in [1.82, 2.24) is 20.1 Å². The van der Waals surface area contributed by atoms with Crippen LogP contribution in [0.1, 0.15) is 44.9 Å². The number of amides is 1. The summed E-state index contributed by atoms with van der Waals surface area (Å²) < 4.78 is 1.63. The first-order valence-corrected chi connectivity index (χ1v) is 6.97. The normalized spacial score (nSPS) is 12.4. The van der Waals surface area contributed by atoms with Gasteiger partial charge in [0.1, 0.15) is 6.33 Å². The summed E-state index contributed by atoms with van der Waals surface area (Å²) in [4.78, 5) is 15.8. The SMILES string of the molecule is CCCC(CCN)CCC(=O)NCc1ncn(C)n1. The van der Waals surface area contributed by atoms with Crippen LogP contribution in [0.5, 0.6) is 0 Å². The van der Waals surface area contributed by atoms with E-state index in [0.29, 0.717) is 31.3 Å². The highest BCUT2D eigenvalue weighted by molar-refractivity contribution is 5.75. The molecule has 0 saturated heterocycles. The molecule has 19 heavy (non-hydrogen) atoms. The Morgan fingerprint density at radius 2 is 2.26 bits per heavy atom. The minimum absolute atomic E-state index is 0.0607. The standard InChI is InChI=1S/C13H25N5O/c1-3-4-11(7-8-14)5-6-13(19)15-9-12-16-10-18(2)17-12/h10-11H,3-9,14H2,1-2H3,(H,15,19). The van der Waals surface area contributed by atoms with E-state index in [1.807, 2.05) is 0 Å². The van der Waals surface area contributed by atoms with E-state index >= 15 is 0 Å². The molecule has 1 atom stereocenters. The van der Waals surface area contributed by atoms with Crippen molar-refractivity contribution in [3.05, 3.63) is 12.2 Å². The van der Waals surface area contributed by atoms with Crippen molar-refractivity contribution < 1.29 is 4.79 Å². The average molecular weight is 267 g/mol. The maximum atomic E-state index is 11.7. The predicted octanol–water partition coefficient (Wildman–Crippen LogP) is 0.977. The molecule has 0 aromatic carbocycles. The van der Waals surface area contributed by atoms with Gasteiger partial charge in [-0.2, -0.15) is 5.10 Å². The Labute approximate surface area is 114 Å². The molecule has 0 spiro atoms. The highest BCUT2D eigenvalue weighted by Crippen LogP contribution is 2.16. The number of hydrogen-bond donors (Lipinski definition) is 2. The van der Waals surface area contributed by atoms with Gasteiger partial charge in [0.25, 0.3) is 0 Å². The number of nitrogens with one attached hydrogen (secondary N) is 1. The van der Waals surface area contributed by atoms with Gasteiger partial charge in [0.2, 0.25) is 5.91 Å². The van der Waals surface area contributed by atoms with E-state index in [1.54, 1.807) is 18.1 Å². The molecule has 0 aliphatic heterocycles. The van der Waals surface area contributed by atoms with Crippen LogP contribution < -0.4 is 11.1 Å². The molecule has 0 saturated carbocycles. The van der Waals surface area contributed by atoms with E-state index < -0.39 is 0 Å². The Morgan fingerprint density at radius 3 is 2.84 bits per heavy atom. The van der Waals surface area contributed by atoms with Crippen molar-refractivity contribution in [3.8, 4) is 0 Å². The minimum Gasteiger partial charge on any atom is -0.349 e. The van der Waals surface area contributed by atoms with Gasteiger partial charge in [-0.25, -0.2) is 4.98 Å². The van der Waals surface area contributed by atoms with E-state index in [4.69, 9.17) is 5.73 Å². The van der Waals surface area contributed by atoms with Crippen LogP contribution >= 0.6 is 0 Å². The van der Waals surface area contributed by atoms with E-state index in [0.717, 1.165) is 25.7 Å². The monoisotopic (exact) mass is 267 g/mol. The Balaban J connectivity index is 2.22. The second-order valence-corrected chi connectivity index (χ2v) is 4.88. The Morgan fingerprint density at radius 1 is 1.47 bits per heavy atom. The second-order valence-electron chi connectivity index (χ2n) is 4.88. The van der Waals surface area contributed by atoms with Gasteiger partial charge in [-0.15, -0.1) is 0 Å². The van der Waals surface area contributed by atoms with Crippen molar-refractivity contribution in [2.75, 3.05) is 6.54 Å². The molecule has 0 bridgehead atoms. The number of carbonyl (C=O) groups is 1. The lowest BCUT2D eigenvalue weighted by Crippen LogP contribution is -2.24. The van der Waals surface area contributed by atoms with Crippen LogP contribution in [0.3, 0.4) is 0 Å². The van der Waals surface area contributed by atoms with Crippen molar-refractivity contribution in [3.63, 3.8) is 0 Å². The van der Waals surface area contributed by atoms with Crippen LogP contribution in [0.15, 0.2) is 6.33 Å². The molecule has 1 unspecified atom stereocenters. The van der Waals surface area contributed by atoms with Crippen LogP contribution in [0.2, 0.25) is 0 Å². The van der Waals surface area contributed by atoms with Gasteiger partial charge in [-0.05, 0) is 25.3 Å².